The molecule has 0 saturated carbocycles. The highest BCUT2D eigenvalue weighted by atomic mass is 79.9. The second-order valence-corrected chi connectivity index (χ2v) is 4.44. The normalized spacial score (nSPS) is 10.1. The number of nitrogens with one attached hydrogen (secondary N) is 1. The molecule has 1 aromatic rings. The maximum Gasteiger partial charge on any atom is 0.149 e. The van der Waals surface area contributed by atoms with E-state index in [1.807, 2.05) is 13.0 Å². The van der Waals surface area contributed by atoms with Crippen LogP contribution in [0.1, 0.15) is 6.92 Å². The molecule has 5 heteroatoms. The number of halogens is 1. The average molecular weight is 286 g/mol. The molecule has 0 aliphatic rings. The lowest BCUT2D eigenvalue weighted by molar-refractivity contribution is 0.167. The SMILES string of the molecule is C=C(C)COCCNc1ncc(Br)cc1N. The molecule has 88 valence electrons. The summed E-state index contributed by atoms with van der Waals surface area (Å²) in [6, 6.07) is 1.81. The van der Waals surface area contributed by atoms with Crippen molar-refractivity contribution in [3.8, 4) is 0 Å². The fourth-order valence-corrected chi connectivity index (χ4v) is 1.44. The quantitative estimate of drug-likeness (QED) is 0.623. The van der Waals surface area contributed by atoms with Gasteiger partial charge in [0.1, 0.15) is 5.82 Å². The Bertz CT molecular complexity index is 368. The van der Waals surface area contributed by atoms with Crippen LogP contribution in [0.25, 0.3) is 0 Å². The second-order valence-electron chi connectivity index (χ2n) is 3.53. The molecule has 0 aliphatic heterocycles. The Kier molecular flexibility index (Phi) is 5.28. The average Bonchev–Trinajstić information content (AvgIpc) is 2.20. The summed E-state index contributed by atoms with van der Waals surface area (Å²) in [7, 11) is 0. The highest BCUT2D eigenvalue weighted by Crippen LogP contribution is 2.19. The molecule has 0 atom stereocenters. The van der Waals surface area contributed by atoms with Crippen molar-refractivity contribution in [1.82, 2.24) is 4.98 Å². The van der Waals surface area contributed by atoms with Gasteiger partial charge in [0.2, 0.25) is 0 Å². The Hall–Kier alpha value is -1.07. The Morgan fingerprint density at radius 1 is 1.69 bits per heavy atom. The van der Waals surface area contributed by atoms with E-state index >= 15 is 0 Å². The van der Waals surface area contributed by atoms with Crippen LogP contribution >= 0.6 is 15.9 Å². The zero-order chi connectivity index (χ0) is 12.0. The molecule has 1 rings (SSSR count). The minimum atomic E-state index is 0.588. The van der Waals surface area contributed by atoms with Gasteiger partial charge < -0.3 is 15.8 Å². The number of anilines is 2. The minimum Gasteiger partial charge on any atom is -0.396 e. The van der Waals surface area contributed by atoms with Gasteiger partial charge in [-0.3, -0.25) is 0 Å². The molecule has 1 aromatic heterocycles. The van der Waals surface area contributed by atoms with Crippen LogP contribution < -0.4 is 11.1 Å². The fourth-order valence-electron chi connectivity index (χ4n) is 1.09. The third-order valence-electron chi connectivity index (χ3n) is 1.77. The largest absolute Gasteiger partial charge is 0.396 e. The van der Waals surface area contributed by atoms with Gasteiger partial charge in [0.05, 0.1) is 18.9 Å². The van der Waals surface area contributed by atoms with Crippen LogP contribution in [0.3, 0.4) is 0 Å². The van der Waals surface area contributed by atoms with E-state index in [-0.39, 0.29) is 0 Å². The van der Waals surface area contributed by atoms with Gasteiger partial charge in [0.25, 0.3) is 0 Å². The molecule has 0 unspecified atom stereocenters. The summed E-state index contributed by atoms with van der Waals surface area (Å²) in [5.41, 5.74) is 7.41. The lowest BCUT2D eigenvalue weighted by Gasteiger charge is -2.08. The first kappa shape index (κ1) is 13.0. The van der Waals surface area contributed by atoms with Gasteiger partial charge >= 0.3 is 0 Å². The topological polar surface area (TPSA) is 60.2 Å². The van der Waals surface area contributed by atoms with Crippen molar-refractivity contribution in [2.75, 3.05) is 30.8 Å². The van der Waals surface area contributed by atoms with Gasteiger partial charge in [-0.25, -0.2) is 4.98 Å². The molecule has 0 fully saturated rings. The van der Waals surface area contributed by atoms with E-state index < -0.39 is 0 Å². The third kappa shape index (κ3) is 4.63. The first-order chi connectivity index (χ1) is 7.59. The first-order valence-electron chi connectivity index (χ1n) is 4.96. The van der Waals surface area contributed by atoms with Crippen molar-refractivity contribution >= 4 is 27.4 Å². The number of ether oxygens (including phenoxy) is 1. The highest BCUT2D eigenvalue weighted by Gasteiger charge is 2.00. The van der Waals surface area contributed by atoms with Gasteiger partial charge in [0.15, 0.2) is 0 Å². The van der Waals surface area contributed by atoms with E-state index in [1.54, 1.807) is 6.20 Å². The summed E-state index contributed by atoms with van der Waals surface area (Å²) >= 11 is 3.30. The minimum absolute atomic E-state index is 0.588. The summed E-state index contributed by atoms with van der Waals surface area (Å²) in [6.07, 6.45) is 1.70. The van der Waals surface area contributed by atoms with Crippen LogP contribution in [0.15, 0.2) is 28.9 Å². The zero-order valence-corrected chi connectivity index (χ0v) is 10.9. The van der Waals surface area contributed by atoms with Gasteiger partial charge in [-0.1, -0.05) is 12.2 Å². The van der Waals surface area contributed by atoms with Crippen molar-refractivity contribution in [2.24, 2.45) is 0 Å². The Morgan fingerprint density at radius 3 is 3.06 bits per heavy atom. The van der Waals surface area contributed by atoms with Gasteiger partial charge in [0, 0.05) is 17.2 Å². The van der Waals surface area contributed by atoms with Gasteiger partial charge in [-0.05, 0) is 28.9 Å². The number of hydrogen-bond donors (Lipinski definition) is 2. The van der Waals surface area contributed by atoms with Crippen molar-refractivity contribution in [2.45, 2.75) is 6.92 Å². The molecule has 3 N–H and O–H groups in total. The van der Waals surface area contributed by atoms with Crippen LogP contribution in [-0.4, -0.2) is 24.7 Å². The molecule has 16 heavy (non-hydrogen) atoms. The highest BCUT2D eigenvalue weighted by molar-refractivity contribution is 9.10. The number of hydrogen-bond acceptors (Lipinski definition) is 4. The van der Waals surface area contributed by atoms with Crippen LogP contribution in [0.2, 0.25) is 0 Å². The van der Waals surface area contributed by atoms with Crippen molar-refractivity contribution in [1.29, 1.82) is 0 Å². The third-order valence-corrected chi connectivity index (χ3v) is 2.20. The molecule has 0 radical (unpaired) electrons. The van der Waals surface area contributed by atoms with Gasteiger partial charge in [-0.15, -0.1) is 0 Å². The number of nitrogen functional groups attached to an aromatic ring is 1. The molecule has 0 aromatic carbocycles. The number of rotatable bonds is 6. The molecule has 4 nitrogen and oxygen atoms in total. The summed E-state index contributed by atoms with van der Waals surface area (Å²) in [6.45, 7) is 7.55. The van der Waals surface area contributed by atoms with E-state index in [1.165, 1.54) is 0 Å². The standard InChI is InChI=1S/C11H16BrN3O/c1-8(2)7-16-4-3-14-11-10(13)5-9(12)6-15-11/h5-6H,1,3-4,7,13H2,2H3,(H,14,15). The molecule has 0 bridgehead atoms. The van der Waals surface area contributed by atoms with Crippen LogP contribution in [0.5, 0.6) is 0 Å². The summed E-state index contributed by atoms with van der Waals surface area (Å²) < 4.78 is 6.21. The van der Waals surface area contributed by atoms with Crippen LogP contribution in [0, 0.1) is 0 Å². The summed E-state index contributed by atoms with van der Waals surface area (Å²) in [5.74, 6) is 0.683. The summed E-state index contributed by atoms with van der Waals surface area (Å²) in [4.78, 5) is 4.15. The van der Waals surface area contributed by atoms with E-state index in [0.29, 0.717) is 31.3 Å². The maximum atomic E-state index is 5.77. The Morgan fingerprint density at radius 2 is 2.44 bits per heavy atom. The lowest BCUT2D eigenvalue weighted by Crippen LogP contribution is -2.12. The van der Waals surface area contributed by atoms with E-state index in [0.717, 1.165) is 10.0 Å². The second kappa shape index (κ2) is 6.50. The van der Waals surface area contributed by atoms with Crippen LogP contribution in [0.4, 0.5) is 11.5 Å². The maximum absolute atomic E-state index is 5.77. The Labute approximate surface area is 104 Å². The van der Waals surface area contributed by atoms with Crippen LogP contribution in [-0.2, 0) is 4.74 Å². The zero-order valence-electron chi connectivity index (χ0n) is 9.29. The number of aromatic nitrogens is 1. The predicted molar refractivity (Wildman–Crippen MR) is 70.5 cm³/mol. The fraction of sp³-hybridized carbons (Fsp3) is 0.364. The lowest BCUT2D eigenvalue weighted by atomic mass is 10.4. The summed E-state index contributed by atoms with van der Waals surface area (Å²) in [5, 5.41) is 3.10. The van der Waals surface area contributed by atoms with Gasteiger partial charge in [-0.2, -0.15) is 0 Å². The first-order valence-corrected chi connectivity index (χ1v) is 5.76. The molecule has 0 aliphatic carbocycles. The van der Waals surface area contributed by atoms with Crippen molar-refractivity contribution in [3.05, 3.63) is 28.9 Å². The Balaban J connectivity index is 2.29. The van der Waals surface area contributed by atoms with Crippen molar-refractivity contribution in [3.63, 3.8) is 0 Å². The van der Waals surface area contributed by atoms with E-state index in [4.69, 9.17) is 10.5 Å². The molecular weight excluding hydrogens is 270 g/mol. The number of nitrogens with zero attached hydrogens (tertiary/aromatic N) is 1. The smallest absolute Gasteiger partial charge is 0.149 e. The van der Waals surface area contributed by atoms with E-state index in [2.05, 4.69) is 32.8 Å². The monoisotopic (exact) mass is 285 g/mol. The molecule has 0 spiro atoms. The van der Waals surface area contributed by atoms with E-state index in [9.17, 15) is 0 Å². The number of nitrogens with two attached hydrogens (primary N) is 1. The number of pyridine rings is 1. The molecular formula is C11H16BrN3O. The van der Waals surface area contributed by atoms with Crippen molar-refractivity contribution < 1.29 is 4.74 Å². The predicted octanol–water partition coefficient (Wildman–Crippen LogP) is 2.43. The molecule has 1 heterocycles. The molecule has 0 amide bonds. The molecule has 0 saturated heterocycles.